The zero-order valence-electron chi connectivity index (χ0n) is 13.4. The van der Waals surface area contributed by atoms with Gasteiger partial charge < -0.3 is 15.4 Å². The van der Waals surface area contributed by atoms with E-state index >= 15 is 0 Å². The van der Waals surface area contributed by atoms with E-state index in [1.165, 1.54) is 19.2 Å². The zero-order chi connectivity index (χ0) is 17.8. The van der Waals surface area contributed by atoms with E-state index in [-0.39, 0.29) is 5.69 Å². The number of hydrogen-bond acceptors (Lipinski definition) is 4. The standard InChI is InChI=1S/C18H15N3O3S/c1-24-17-11-13(21(22)23)9-10-16(17)20-18(25)19-15-8-4-6-12-5-2-3-7-14(12)15/h2-11H,1H3,(H2,19,20,25). The maximum absolute atomic E-state index is 10.9. The Morgan fingerprint density at radius 2 is 1.76 bits per heavy atom. The highest BCUT2D eigenvalue weighted by Crippen LogP contribution is 2.29. The van der Waals surface area contributed by atoms with E-state index in [0.717, 1.165) is 16.5 Å². The number of anilines is 2. The normalized spacial score (nSPS) is 10.3. The molecule has 0 amide bonds. The molecule has 3 aromatic carbocycles. The van der Waals surface area contributed by atoms with Crippen LogP contribution in [-0.4, -0.2) is 17.1 Å². The highest BCUT2D eigenvalue weighted by atomic mass is 32.1. The van der Waals surface area contributed by atoms with Gasteiger partial charge in [0, 0.05) is 17.1 Å². The highest BCUT2D eigenvalue weighted by molar-refractivity contribution is 7.80. The van der Waals surface area contributed by atoms with Crippen molar-refractivity contribution in [3.05, 3.63) is 70.8 Å². The molecule has 3 aromatic rings. The Kier molecular flexibility index (Phi) is 4.76. The number of non-ortho nitro benzene ring substituents is 1. The van der Waals surface area contributed by atoms with Crippen molar-refractivity contribution < 1.29 is 9.66 Å². The molecule has 0 aliphatic carbocycles. The number of rotatable bonds is 4. The Bertz CT molecular complexity index is 954. The van der Waals surface area contributed by atoms with Crippen LogP contribution in [0.2, 0.25) is 0 Å². The molecule has 0 saturated carbocycles. The molecule has 6 nitrogen and oxygen atoms in total. The molecular formula is C18H15N3O3S. The Balaban J connectivity index is 1.82. The van der Waals surface area contributed by atoms with Crippen molar-refractivity contribution in [2.45, 2.75) is 0 Å². The summed E-state index contributed by atoms with van der Waals surface area (Å²) < 4.78 is 5.20. The fourth-order valence-electron chi connectivity index (χ4n) is 2.51. The van der Waals surface area contributed by atoms with Gasteiger partial charge in [0.05, 0.1) is 23.8 Å². The quantitative estimate of drug-likeness (QED) is 0.407. The highest BCUT2D eigenvalue weighted by Gasteiger charge is 2.12. The zero-order valence-corrected chi connectivity index (χ0v) is 14.2. The third kappa shape index (κ3) is 3.67. The van der Waals surface area contributed by atoms with Crippen LogP contribution in [0.15, 0.2) is 60.7 Å². The van der Waals surface area contributed by atoms with Crippen molar-refractivity contribution in [2.75, 3.05) is 17.7 Å². The fraction of sp³-hybridized carbons (Fsp3) is 0.0556. The van der Waals surface area contributed by atoms with Crippen LogP contribution in [0.1, 0.15) is 0 Å². The third-order valence-corrected chi connectivity index (χ3v) is 3.89. The molecule has 0 aliphatic heterocycles. The molecule has 0 atom stereocenters. The Hall–Kier alpha value is -3.19. The summed E-state index contributed by atoms with van der Waals surface area (Å²) in [6.07, 6.45) is 0. The van der Waals surface area contributed by atoms with Gasteiger partial charge in [0.15, 0.2) is 5.11 Å². The largest absolute Gasteiger partial charge is 0.494 e. The SMILES string of the molecule is COc1cc([N+](=O)[O-])ccc1NC(=S)Nc1cccc2ccccc12. The second-order valence-corrected chi connectivity index (χ2v) is 5.66. The Morgan fingerprint density at radius 1 is 1.04 bits per heavy atom. The minimum absolute atomic E-state index is 0.0460. The summed E-state index contributed by atoms with van der Waals surface area (Å²) in [5.74, 6) is 0.344. The van der Waals surface area contributed by atoms with Crippen molar-refractivity contribution in [3.63, 3.8) is 0 Å². The van der Waals surface area contributed by atoms with Gasteiger partial charge in [0.25, 0.3) is 5.69 Å². The first-order valence-electron chi connectivity index (χ1n) is 7.46. The van der Waals surface area contributed by atoms with Gasteiger partial charge in [0.1, 0.15) is 5.75 Å². The molecule has 0 bridgehead atoms. The van der Waals surface area contributed by atoms with Gasteiger partial charge in [-0.05, 0) is 29.7 Å². The van der Waals surface area contributed by atoms with Crippen LogP contribution >= 0.6 is 12.2 Å². The minimum Gasteiger partial charge on any atom is -0.494 e. The van der Waals surface area contributed by atoms with E-state index in [4.69, 9.17) is 17.0 Å². The molecule has 0 heterocycles. The van der Waals surface area contributed by atoms with Crippen molar-refractivity contribution in [3.8, 4) is 5.75 Å². The molecule has 0 spiro atoms. The first-order valence-corrected chi connectivity index (χ1v) is 7.87. The van der Waals surface area contributed by atoms with Crippen molar-refractivity contribution in [1.82, 2.24) is 0 Å². The molecule has 25 heavy (non-hydrogen) atoms. The van der Waals surface area contributed by atoms with E-state index in [9.17, 15) is 10.1 Å². The number of fused-ring (bicyclic) bond motifs is 1. The van der Waals surface area contributed by atoms with Gasteiger partial charge in [-0.1, -0.05) is 36.4 Å². The fourth-order valence-corrected chi connectivity index (χ4v) is 2.73. The van der Waals surface area contributed by atoms with Crippen LogP contribution in [0.5, 0.6) is 5.75 Å². The van der Waals surface area contributed by atoms with Crippen LogP contribution in [0.4, 0.5) is 17.1 Å². The van der Waals surface area contributed by atoms with Gasteiger partial charge in [-0.2, -0.15) is 0 Å². The number of methoxy groups -OCH3 is 1. The lowest BCUT2D eigenvalue weighted by atomic mass is 10.1. The summed E-state index contributed by atoms with van der Waals surface area (Å²) >= 11 is 5.36. The second kappa shape index (κ2) is 7.14. The maximum atomic E-state index is 10.9. The molecular weight excluding hydrogens is 338 g/mol. The van der Waals surface area contributed by atoms with Gasteiger partial charge >= 0.3 is 0 Å². The smallest absolute Gasteiger partial charge is 0.273 e. The lowest BCUT2D eigenvalue weighted by Crippen LogP contribution is -2.19. The summed E-state index contributed by atoms with van der Waals surface area (Å²) in [4.78, 5) is 10.4. The summed E-state index contributed by atoms with van der Waals surface area (Å²) in [6, 6.07) is 18.2. The van der Waals surface area contributed by atoms with Gasteiger partial charge in [-0.3, -0.25) is 10.1 Å². The Labute approximate surface area is 149 Å². The number of nitrogens with zero attached hydrogens (tertiary/aromatic N) is 1. The minimum atomic E-state index is -0.473. The first-order chi connectivity index (χ1) is 12.1. The van der Waals surface area contributed by atoms with E-state index < -0.39 is 4.92 Å². The van der Waals surface area contributed by atoms with Gasteiger partial charge in [-0.15, -0.1) is 0 Å². The van der Waals surface area contributed by atoms with E-state index in [2.05, 4.69) is 10.6 Å². The summed E-state index contributed by atoms with van der Waals surface area (Å²) in [5, 5.41) is 19.5. The molecule has 0 fully saturated rings. The number of nitro benzene ring substituents is 1. The van der Waals surface area contributed by atoms with Crippen LogP contribution < -0.4 is 15.4 Å². The molecule has 126 valence electrons. The molecule has 3 rings (SSSR count). The molecule has 0 radical (unpaired) electrons. The number of thiocarbonyl (C=S) groups is 1. The molecule has 0 unspecified atom stereocenters. The summed E-state index contributed by atoms with van der Waals surface area (Å²) in [6.45, 7) is 0. The van der Waals surface area contributed by atoms with Crippen LogP contribution in [-0.2, 0) is 0 Å². The number of nitrogens with one attached hydrogen (secondary N) is 2. The van der Waals surface area contributed by atoms with Crippen LogP contribution in [0.25, 0.3) is 10.8 Å². The number of hydrogen-bond donors (Lipinski definition) is 2. The summed E-state index contributed by atoms with van der Waals surface area (Å²) in [7, 11) is 1.45. The number of benzene rings is 3. The summed E-state index contributed by atoms with van der Waals surface area (Å²) in [5.41, 5.74) is 1.37. The van der Waals surface area contributed by atoms with Crippen LogP contribution in [0, 0.1) is 10.1 Å². The Morgan fingerprint density at radius 3 is 2.52 bits per heavy atom. The average Bonchev–Trinajstić information content (AvgIpc) is 2.62. The van der Waals surface area contributed by atoms with E-state index in [0.29, 0.717) is 16.5 Å². The number of ether oxygens (including phenoxy) is 1. The van der Waals surface area contributed by atoms with Gasteiger partial charge in [-0.25, -0.2) is 0 Å². The van der Waals surface area contributed by atoms with Crippen molar-refractivity contribution in [1.29, 1.82) is 0 Å². The van der Waals surface area contributed by atoms with Crippen molar-refractivity contribution in [2.24, 2.45) is 0 Å². The number of nitro groups is 1. The molecule has 2 N–H and O–H groups in total. The molecule has 7 heteroatoms. The van der Waals surface area contributed by atoms with Crippen molar-refractivity contribution >= 4 is 45.2 Å². The van der Waals surface area contributed by atoms with E-state index in [1.54, 1.807) is 6.07 Å². The third-order valence-electron chi connectivity index (χ3n) is 3.68. The topological polar surface area (TPSA) is 76.4 Å². The van der Waals surface area contributed by atoms with Gasteiger partial charge in [0.2, 0.25) is 0 Å². The predicted molar refractivity (Wildman–Crippen MR) is 103 cm³/mol. The lowest BCUT2D eigenvalue weighted by molar-refractivity contribution is -0.384. The van der Waals surface area contributed by atoms with Crippen LogP contribution in [0.3, 0.4) is 0 Å². The second-order valence-electron chi connectivity index (χ2n) is 5.25. The lowest BCUT2D eigenvalue weighted by Gasteiger charge is -2.14. The molecule has 0 aromatic heterocycles. The monoisotopic (exact) mass is 353 g/mol. The maximum Gasteiger partial charge on any atom is 0.273 e. The predicted octanol–water partition coefficient (Wildman–Crippen LogP) is 4.57. The molecule has 0 aliphatic rings. The first kappa shape index (κ1) is 16.7. The average molecular weight is 353 g/mol. The van der Waals surface area contributed by atoms with E-state index in [1.807, 2.05) is 42.5 Å². The molecule has 0 saturated heterocycles.